The number of likely N-dealkylation sites (tertiary alicyclic amines) is 2. The van der Waals surface area contributed by atoms with E-state index in [1.807, 2.05) is 35.2 Å². The van der Waals surface area contributed by atoms with E-state index >= 15 is 0 Å². The Labute approximate surface area is 218 Å². The number of aliphatic hydroxyl groups is 1. The zero-order valence-electron chi connectivity index (χ0n) is 21.0. The Kier molecular flexibility index (Phi) is 7.65. The molecule has 0 aromatic heterocycles. The van der Waals surface area contributed by atoms with E-state index in [4.69, 9.17) is 0 Å². The number of benzene rings is 2. The van der Waals surface area contributed by atoms with Gasteiger partial charge < -0.3 is 14.9 Å². The molecule has 0 radical (unpaired) electrons. The second kappa shape index (κ2) is 10.9. The molecule has 3 aliphatic rings. The number of carbonyl (C=O) groups is 2. The van der Waals surface area contributed by atoms with Gasteiger partial charge in [-0.15, -0.1) is 0 Å². The molecule has 5 rings (SSSR count). The van der Waals surface area contributed by atoms with Crippen LogP contribution in [0.15, 0.2) is 65.6 Å². The van der Waals surface area contributed by atoms with Crippen LogP contribution >= 0.6 is 0 Å². The summed E-state index contributed by atoms with van der Waals surface area (Å²) in [6, 6.07) is 17.7. The smallest absolute Gasteiger partial charge is 0.243 e. The first-order valence-electron chi connectivity index (χ1n) is 13.2. The Morgan fingerprint density at radius 2 is 1.30 bits per heavy atom. The molecule has 8 nitrogen and oxygen atoms in total. The third kappa shape index (κ3) is 5.44. The summed E-state index contributed by atoms with van der Waals surface area (Å²) in [5.41, 5.74) is 0.930. The first-order chi connectivity index (χ1) is 17.8. The number of carbonyl (C=O) groups excluding carboxylic acids is 2. The number of hydrogen-bond donors (Lipinski definition) is 1. The average Bonchev–Trinajstić information content (AvgIpc) is 3.39. The Balaban J connectivity index is 1.28. The summed E-state index contributed by atoms with van der Waals surface area (Å²) in [6.07, 6.45) is 2.57. The van der Waals surface area contributed by atoms with Gasteiger partial charge in [0.2, 0.25) is 21.8 Å². The van der Waals surface area contributed by atoms with Crippen LogP contribution in [0.3, 0.4) is 0 Å². The minimum Gasteiger partial charge on any atom is -0.391 e. The van der Waals surface area contributed by atoms with E-state index in [1.165, 1.54) is 4.31 Å². The summed E-state index contributed by atoms with van der Waals surface area (Å²) in [6.45, 7) is 2.12. The molecule has 1 unspecified atom stereocenters. The van der Waals surface area contributed by atoms with Crippen LogP contribution in [-0.2, 0) is 19.6 Å². The minimum absolute atomic E-state index is 0.0257. The third-order valence-corrected chi connectivity index (χ3v) is 9.94. The Morgan fingerprint density at radius 3 is 1.92 bits per heavy atom. The Morgan fingerprint density at radius 1 is 0.703 bits per heavy atom. The lowest BCUT2D eigenvalue weighted by Crippen LogP contribution is -2.50. The second-order valence-electron chi connectivity index (χ2n) is 10.4. The first-order valence-corrected chi connectivity index (χ1v) is 14.7. The number of hydrogen-bond acceptors (Lipinski definition) is 5. The lowest BCUT2D eigenvalue weighted by atomic mass is 9.88. The quantitative estimate of drug-likeness (QED) is 0.647. The van der Waals surface area contributed by atoms with Crippen molar-refractivity contribution < 1.29 is 23.1 Å². The lowest BCUT2D eigenvalue weighted by molar-refractivity contribution is -0.143. The highest BCUT2D eigenvalue weighted by Crippen LogP contribution is 2.38. The molecule has 3 fully saturated rings. The molecule has 1 N–H and O–H groups in total. The number of piperidine rings is 2. The van der Waals surface area contributed by atoms with Crippen molar-refractivity contribution in [3.63, 3.8) is 0 Å². The van der Waals surface area contributed by atoms with Gasteiger partial charge in [0.15, 0.2) is 0 Å². The van der Waals surface area contributed by atoms with Crippen molar-refractivity contribution in [1.82, 2.24) is 14.1 Å². The van der Waals surface area contributed by atoms with Gasteiger partial charge in [0.25, 0.3) is 0 Å². The monoisotopic (exact) mass is 525 g/mol. The van der Waals surface area contributed by atoms with Crippen LogP contribution in [0.25, 0.3) is 0 Å². The summed E-state index contributed by atoms with van der Waals surface area (Å²) in [5, 5.41) is 9.76. The topological polar surface area (TPSA) is 98.2 Å². The molecule has 0 bridgehead atoms. The average molecular weight is 526 g/mol. The maximum Gasteiger partial charge on any atom is 0.243 e. The van der Waals surface area contributed by atoms with E-state index in [1.54, 1.807) is 35.2 Å². The highest BCUT2D eigenvalue weighted by molar-refractivity contribution is 7.89. The van der Waals surface area contributed by atoms with Crippen LogP contribution < -0.4 is 0 Å². The molecule has 198 valence electrons. The van der Waals surface area contributed by atoms with Gasteiger partial charge in [-0.05, 0) is 49.8 Å². The number of nitrogens with zero attached hydrogens (tertiary/aromatic N) is 3. The van der Waals surface area contributed by atoms with Gasteiger partial charge in [0, 0.05) is 38.6 Å². The van der Waals surface area contributed by atoms with E-state index in [0.29, 0.717) is 58.3 Å². The fourth-order valence-electron chi connectivity index (χ4n) is 5.95. The van der Waals surface area contributed by atoms with E-state index in [0.717, 1.165) is 5.56 Å². The molecule has 0 aliphatic carbocycles. The first kappa shape index (κ1) is 25.9. The van der Waals surface area contributed by atoms with Gasteiger partial charge in [-0.25, -0.2) is 8.42 Å². The molecule has 2 amide bonds. The van der Waals surface area contributed by atoms with E-state index < -0.39 is 22.0 Å². The highest BCUT2D eigenvalue weighted by Gasteiger charge is 2.42. The molecular formula is C28H35N3O5S. The lowest BCUT2D eigenvalue weighted by Gasteiger charge is -2.41. The van der Waals surface area contributed by atoms with Gasteiger partial charge >= 0.3 is 0 Å². The summed E-state index contributed by atoms with van der Waals surface area (Å²) in [4.78, 5) is 30.2. The van der Waals surface area contributed by atoms with Crippen LogP contribution in [0.2, 0.25) is 0 Å². The maximum absolute atomic E-state index is 13.7. The van der Waals surface area contributed by atoms with E-state index in [-0.39, 0.29) is 35.2 Å². The molecule has 9 heteroatoms. The van der Waals surface area contributed by atoms with Gasteiger partial charge in [-0.3, -0.25) is 9.59 Å². The Bertz CT molecular complexity index is 1200. The summed E-state index contributed by atoms with van der Waals surface area (Å²) in [7, 11) is -3.80. The molecular weight excluding hydrogens is 490 g/mol. The van der Waals surface area contributed by atoms with Gasteiger partial charge in [0.1, 0.15) is 0 Å². The Hall–Kier alpha value is -2.75. The molecule has 37 heavy (non-hydrogen) atoms. The van der Waals surface area contributed by atoms with E-state index in [9.17, 15) is 23.1 Å². The van der Waals surface area contributed by atoms with E-state index in [2.05, 4.69) is 0 Å². The highest BCUT2D eigenvalue weighted by atomic mass is 32.2. The van der Waals surface area contributed by atoms with Crippen molar-refractivity contribution in [1.29, 1.82) is 0 Å². The van der Waals surface area contributed by atoms with Crippen molar-refractivity contribution >= 4 is 21.8 Å². The zero-order chi connectivity index (χ0) is 26.0. The summed E-state index contributed by atoms with van der Waals surface area (Å²) in [5.74, 6) is -0.494. The second-order valence-corrected chi connectivity index (χ2v) is 12.3. The standard InChI is InChI=1S/C28H35N3O5S/c32-24-15-18-30(20-24)27(33)22-13-16-29(17-14-22)28(34)23-11-12-26(21-7-3-1-4-8-21)31(19-23)37(35,36)25-9-5-2-6-10-25/h1-10,22-24,26,32H,11-20H2/t23-,24?,26-/m1/s1. The van der Waals surface area contributed by atoms with Crippen LogP contribution in [0.4, 0.5) is 0 Å². The molecule has 3 heterocycles. The van der Waals surface area contributed by atoms with Crippen molar-refractivity contribution in [3.05, 3.63) is 66.2 Å². The molecule has 3 aliphatic heterocycles. The number of amides is 2. The summed E-state index contributed by atoms with van der Waals surface area (Å²) >= 11 is 0. The molecule has 0 saturated carbocycles. The molecule has 2 aromatic rings. The van der Waals surface area contributed by atoms with Gasteiger partial charge in [-0.2, -0.15) is 4.31 Å². The number of β-amino-alcohol motifs (C(OH)–C–C–N with tert-alkyl or cyclic N) is 1. The molecule has 2 aromatic carbocycles. The van der Waals surface area contributed by atoms with Crippen molar-refractivity contribution in [3.8, 4) is 0 Å². The van der Waals surface area contributed by atoms with Crippen LogP contribution in [0, 0.1) is 11.8 Å². The maximum atomic E-state index is 13.7. The van der Waals surface area contributed by atoms with Crippen molar-refractivity contribution in [2.45, 2.75) is 49.1 Å². The number of sulfonamides is 1. The number of aliphatic hydroxyl groups excluding tert-OH is 1. The fourth-order valence-corrected chi connectivity index (χ4v) is 7.66. The van der Waals surface area contributed by atoms with Crippen LogP contribution in [0.1, 0.15) is 43.7 Å². The van der Waals surface area contributed by atoms with Gasteiger partial charge in [0.05, 0.1) is 23.0 Å². The molecule has 3 saturated heterocycles. The van der Waals surface area contributed by atoms with Crippen molar-refractivity contribution in [2.24, 2.45) is 11.8 Å². The summed E-state index contributed by atoms with van der Waals surface area (Å²) < 4.78 is 29.0. The predicted molar refractivity (Wildman–Crippen MR) is 139 cm³/mol. The van der Waals surface area contributed by atoms with Crippen LogP contribution in [-0.4, -0.2) is 78.3 Å². The van der Waals surface area contributed by atoms with Gasteiger partial charge in [-0.1, -0.05) is 48.5 Å². The molecule has 3 atom stereocenters. The minimum atomic E-state index is -3.80. The SMILES string of the molecule is O=C(C1CCN(C(=O)[C@@H]2CC[C@H](c3ccccc3)N(S(=O)(=O)c3ccccc3)C2)CC1)N1CCC(O)C1. The number of rotatable bonds is 5. The normalized spacial score (nSPS) is 25.8. The predicted octanol–water partition coefficient (Wildman–Crippen LogP) is 2.66. The zero-order valence-corrected chi connectivity index (χ0v) is 21.8. The molecule has 0 spiro atoms. The van der Waals surface area contributed by atoms with Crippen LogP contribution in [0.5, 0.6) is 0 Å². The fraction of sp³-hybridized carbons (Fsp3) is 0.500. The van der Waals surface area contributed by atoms with Crippen molar-refractivity contribution in [2.75, 3.05) is 32.7 Å². The largest absolute Gasteiger partial charge is 0.391 e. The third-order valence-electron chi connectivity index (χ3n) is 8.05.